The van der Waals surface area contributed by atoms with Gasteiger partial charge in [0.15, 0.2) is 0 Å². The van der Waals surface area contributed by atoms with Gasteiger partial charge in [0, 0.05) is 64.0 Å². The molecule has 1 fully saturated rings. The lowest BCUT2D eigenvalue weighted by molar-refractivity contribution is -0.138. The van der Waals surface area contributed by atoms with Crippen molar-refractivity contribution in [1.29, 1.82) is 0 Å². The number of nitrogens with one attached hydrogen (secondary N) is 4. The van der Waals surface area contributed by atoms with Crippen LogP contribution in [0.15, 0.2) is 67.0 Å². The largest absolute Gasteiger partial charge is 0.417 e. The number of carbonyl (C=O) groups is 2. The maximum Gasteiger partial charge on any atom is 0.417 e. The molecule has 1 aliphatic rings. The Morgan fingerprint density at radius 2 is 1.67 bits per heavy atom. The van der Waals surface area contributed by atoms with Gasteiger partial charge in [-0.3, -0.25) is 14.5 Å². The number of carbonyl (C=O) groups excluding carboxylic acids is 2. The number of nitrogens with zero attached hydrogens (tertiary/aromatic N) is 1. The van der Waals surface area contributed by atoms with Gasteiger partial charge in [-0.15, -0.1) is 0 Å². The van der Waals surface area contributed by atoms with Crippen molar-refractivity contribution in [3.05, 3.63) is 89.5 Å². The number of benzene rings is 3. The Morgan fingerprint density at radius 3 is 2.42 bits per heavy atom. The first kappa shape index (κ1) is 30.4. The van der Waals surface area contributed by atoms with E-state index in [2.05, 4.69) is 20.6 Å². The van der Waals surface area contributed by atoms with Crippen molar-refractivity contribution in [1.82, 2.24) is 20.2 Å². The maximum atomic E-state index is 14.8. The zero-order valence-corrected chi connectivity index (χ0v) is 24.7. The summed E-state index contributed by atoms with van der Waals surface area (Å²) in [6, 6.07) is 14.5. The Bertz CT molecular complexity index is 1870. The summed E-state index contributed by atoms with van der Waals surface area (Å²) in [5.41, 5.74) is 1.76. The van der Waals surface area contributed by atoms with Crippen LogP contribution in [0.3, 0.4) is 0 Å². The number of piperidine rings is 1. The number of rotatable bonds is 8. The normalized spacial score (nSPS) is 14.7. The molecule has 1 aliphatic heterocycles. The lowest BCUT2D eigenvalue weighted by atomic mass is 9.89. The standard InChI is InChI=1S/C34H33F4N5O2/c1-2-30(44)41-16-21-7-9-29(32(33(21)34(36,37)38)26-18-40-27-6-4-3-5-23(26)27)42-31(45)19-43-13-11-20(12-14-43)25-17-39-28-10-8-22(35)15-24(25)28/h3-10,15,17-18,20,39-40H,2,11-14,16,19H2,1H3,(H,41,44)(H,42,45). The minimum Gasteiger partial charge on any atom is -0.361 e. The summed E-state index contributed by atoms with van der Waals surface area (Å²) in [7, 11) is 0. The molecule has 0 atom stereocenters. The van der Waals surface area contributed by atoms with Crippen LogP contribution >= 0.6 is 0 Å². The number of likely N-dealkylation sites (tertiary alicyclic amines) is 1. The lowest BCUT2D eigenvalue weighted by Crippen LogP contribution is -2.38. The molecule has 11 heteroatoms. The van der Waals surface area contributed by atoms with Gasteiger partial charge in [-0.1, -0.05) is 31.2 Å². The van der Waals surface area contributed by atoms with Crippen LogP contribution in [0.1, 0.15) is 48.8 Å². The first-order valence-corrected chi connectivity index (χ1v) is 15.0. The van der Waals surface area contributed by atoms with E-state index in [4.69, 9.17) is 0 Å². The molecule has 2 amide bonds. The molecule has 5 aromatic rings. The van der Waals surface area contributed by atoms with E-state index in [0.29, 0.717) is 29.6 Å². The van der Waals surface area contributed by atoms with Gasteiger partial charge in [-0.05, 0) is 73.3 Å². The lowest BCUT2D eigenvalue weighted by Gasteiger charge is -2.31. The summed E-state index contributed by atoms with van der Waals surface area (Å²) in [5, 5.41) is 6.75. The molecule has 0 aliphatic carbocycles. The predicted molar refractivity (Wildman–Crippen MR) is 166 cm³/mol. The van der Waals surface area contributed by atoms with Crippen LogP contribution in [-0.4, -0.2) is 46.3 Å². The average Bonchev–Trinajstić information content (AvgIpc) is 3.64. The van der Waals surface area contributed by atoms with Crippen LogP contribution in [0.4, 0.5) is 23.2 Å². The molecule has 0 spiro atoms. The van der Waals surface area contributed by atoms with Gasteiger partial charge in [0.2, 0.25) is 11.8 Å². The van der Waals surface area contributed by atoms with Crippen LogP contribution in [-0.2, 0) is 22.3 Å². The van der Waals surface area contributed by atoms with Gasteiger partial charge in [0.25, 0.3) is 0 Å². The van der Waals surface area contributed by atoms with Crippen molar-refractivity contribution < 1.29 is 27.2 Å². The van der Waals surface area contributed by atoms with Crippen molar-refractivity contribution in [3.8, 4) is 11.1 Å². The van der Waals surface area contributed by atoms with Crippen molar-refractivity contribution >= 4 is 39.3 Å². The number of fused-ring (bicyclic) bond motifs is 2. The van der Waals surface area contributed by atoms with Gasteiger partial charge in [-0.2, -0.15) is 13.2 Å². The third kappa shape index (κ3) is 6.30. The van der Waals surface area contributed by atoms with Gasteiger partial charge >= 0.3 is 6.18 Å². The van der Waals surface area contributed by atoms with E-state index in [1.807, 2.05) is 11.1 Å². The van der Waals surface area contributed by atoms with Crippen LogP contribution < -0.4 is 10.6 Å². The Labute approximate surface area is 257 Å². The number of halogens is 4. The molecule has 6 rings (SSSR count). The summed E-state index contributed by atoms with van der Waals surface area (Å²) in [6.45, 7) is 2.56. The number of hydrogen-bond donors (Lipinski definition) is 4. The van der Waals surface area contributed by atoms with E-state index in [0.717, 1.165) is 29.3 Å². The third-order valence-corrected chi connectivity index (χ3v) is 8.58. The Morgan fingerprint density at radius 1 is 0.933 bits per heavy atom. The van der Waals surface area contributed by atoms with Crippen molar-refractivity contribution in [2.75, 3.05) is 25.0 Å². The maximum absolute atomic E-state index is 14.8. The summed E-state index contributed by atoms with van der Waals surface area (Å²) < 4.78 is 58.3. The van der Waals surface area contributed by atoms with Crippen molar-refractivity contribution in [3.63, 3.8) is 0 Å². The van der Waals surface area contributed by atoms with Crippen LogP contribution in [0.5, 0.6) is 0 Å². The number of hydrogen-bond acceptors (Lipinski definition) is 3. The van der Waals surface area contributed by atoms with Crippen molar-refractivity contribution in [2.24, 2.45) is 0 Å². The number of H-pyrrole nitrogens is 2. The van der Waals surface area contributed by atoms with Gasteiger partial charge in [-0.25, -0.2) is 4.39 Å². The van der Waals surface area contributed by atoms with Crippen LogP contribution in [0.2, 0.25) is 0 Å². The highest BCUT2D eigenvalue weighted by atomic mass is 19.4. The van der Waals surface area contributed by atoms with Gasteiger partial charge in [0.1, 0.15) is 5.82 Å². The first-order chi connectivity index (χ1) is 21.6. The van der Waals surface area contributed by atoms with E-state index >= 15 is 0 Å². The second-order valence-electron chi connectivity index (χ2n) is 11.4. The quantitative estimate of drug-likeness (QED) is 0.137. The number of para-hydroxylation sites is 1. The number of alkyl halides is 3. The fourth-order valence-corrected chi connectivity index (χ4v) is 6.35. The molecule has 234 valence electrons. The number of aromatic nitrogens is 2. The highest BCUT2D eigenvalue weighted by Gasteiger charge is 2.38. The molecule has 0 saturated carbocycles. The summed E-state index contributed by atoms with van der Waals surface area (Å²) in [4.78, 5) is 33.5. The minimum absolute atomic E-state index is 0.0121. The van der Waals surface area contributed by atoms with Gasteiger partial charge < -0.3 is 20.6 Å². The summed E-state index contributed by atoms with van der Waals surface area (Å²) in [5.74, 6) is -0.890. The Hall–Kier alpha value is -4.64. The Kier molecular flexibility index (Phi) is 8.37. The topological polar surface area (TPSA) is 93.0 Å². The molecular weight excluding hydrogens is 586 g/mol. The molecule has 1 saturated heterocycles. The molecule has 45 heavy (non-hydrogen) atoms. The molecule has 2 aromatic heterocycles. The predicted octanol–water partition coefficient (Wildman–Crippen LogP) is 7.32. The van der Waals surface area contributed by atoms with E-state index < -0.39 is 17.6 Å². The summed E-state index contributed by atoms with van der Waals surface area (Å²) in [6.07, 6.45) is 0.317. The van der Waals surface area contributed by atoms with E-state index in [-0.39, 0.29) is 54.0 Å². The fourth-order valence-electron chi connectivity index (χ4n) is 6.35. The molecular formula is C34H33F4N5O2. The number of amides is 2. The third-order valence-electron chi connectivity index (χ3n) is 8.58. The molecule has 3 heterocycles. The minimum atomic E-state index is -4.77. The van der Waals surface area contributed by atoms with Crippen LogP contribution in [0, 0.1) is 5.82 Å². The number of aromatic amines is 2. The summed E-state index contributed by atoms with van der Waals surface area (Å²) >= 11 is 0. The monoisotopic (exact) mass is 619 g/mol. The molecule has 0 unspecified atom stereocenters. The second-order valence-corrected chi connectivity index (χ2v) is 11.4. The second kappa shape index (κ2) is 12.4. The van der Waals surface area contributed by atoms with E-state index in [1.165, 1.54) is 30.5 Å². The van der Waals surface area contributed by atoms with E-state index in [9.17, 15) is 27.2 Å². The van der Waals surface area contributed by atoms with E-state index in [1.54, 1.807) is 37.3 Å². The first-order valence-electron chi connectivity index (χ1n) is 15.0. The van der Waals surface area contributed by atoms with Crippen LogP contribution in [0.25, 0.3) is 32.9 Å². The molecule has 7 nitrogen and oxygen atoms in total. The van der Waals surface area contributed by atoms with Gasteiger partial charge in [0.05, 0.1) is 12.1 Å². The molecule has 0 radical (unpaired) electrons. The zero-order chi connectivity index (χ0) is 31.7. The average molecular weight is 620 g/mol. The SMILES string of the molecule is CCC(=O)NCc1ccc(NC(=O)CN2CCC(c3c[nH]c4ccc(F)cc34)CC2)c(-c2c[nH]c3ccccc23)c1C(F)(F)F. The van der Waals surface area contributed by atoms with Crippen molar-refractivity contribution in [2.45, 2.75) is 44.8 Å². The highest BCUT2D eigenvalue weighted by molar-refractivity contribution is 6.04. The Balaban J connectivity index is 1.25. The molecule has 4 N–H and O–H groups in total. The number of anilines is 1. The smallest absolute Gasteiger partial charge is 0.361 e. The molecule has 0 bridgehead atoms. The molecule has 3 aromatic carbocycles. The highest BCUT2D eigenvalue weighted by Crippen LogP contribution is 2.45. The zero-order valence-electron chi connectivity index (χ0n) is 24.7. The fraction of sp³-hybridized carbons (Fsp3) is 0.294.